The molecule has 0 aliphatic rings. The number of alkyl halides is 3. The molecular formula is C63H39F3N6. The standard InChI is InChI=1S/C63H39F3N6/c64-63(65,66)44-35-50(54-38-52(40-19-5-1-6-20-40)67-61(69-54)42-23-9-3-10-24-42)60(51(36-44)55-39-53(41-21-7-2-8-22-41)68-62(70-55)43-25-11-4-12-26-43)72-58-32-18-15-29-48(58)49-37-45(33-34-59(49)72)71-56-30-16-13-27-46(56)47-28-14-17-31-57(47)71/h1-39H. The van der Waals surface area contributed by atoms with Crippen LogP contribution in [-0.2, 0) is 6.18 Å². The van der Waals surface area contributed by atoms with Crippen LogP contribution in [0, 0.1) is 0 Å². The first-order chi connectivity index (χ1) is 35.3. The molecule has 342 valence electrons. The lowest BCUT2D eigenvalue weighted by molar-refractivity contribution is -0.137. The van der Waals surface area contributed by atoms with Gasteiger partial charge >= 0.3 is 6.18 Å². The molecule has 0 N–H and O–H groups in total. The van der Waals surface area contributed by atoms with Gasteiger partial charge in [0.2, 0.25) is 0 Å². The summed E-state index contributed by atoms with van der Waals surface area (Å²) in [7, 11) is 0. The number of nitrogens with zero attached hydrogens (tertiary/aromatic N) is 6. The van der Waals surface area contributed by atoms with Crippen LogP contribution < -0.4 is 0 Å². The molecule has 6 nitrogen and oxygen atoms in total. The zero-order valence-electron chi connectivity index (χ0n) is 38.3. The smallest absolute Gasteiger partial charge is 0.309 e. The van der Waals surface area contributed by atoms with Crippen molar-refractivity contribution >= 4 is 43.6 Å². The second-order valence-electron chi connectivity index (χ2n) is 17.7. The molecule has 13 aromatic rings. The van der Waals surface area contributed by atoms with Crippen molar-refractivity contribution in [3.8, 4) is 79.2 Å². The van der Waals surface area contributed by atoms with Gasteiger partial charge in [-0.25, -0.2) is 19.9 Å². The minimum absolute atomic E-state index is 0.242. The van der Waals surface area contributed by atoms with Crippen LogP contribution in [0.1, 0.15) is 5.56 Å². The Morgan fingerprint density at radius 3 is 1.11 bits per heavy atom. The van der Waals surface area contributed by atoms with Crippen molar-refractivity contribution < 1.29 is 13.2 Å². The van der Waals surface area contributed by atoms with Gasteiger partial charge in [0.1, 0.15) is 0 Å². The molecule has 0 saturated carbocycles. The van der Waals surface area contributed by atoms with Gasteiger partial charge in [-0.3, -0.25) is 0 Å². The SMILES string of the molecule is FC(F)(F)c1cc(-c2cc(-c3ccccc3)nc(-c3ccccc3)n2)c(-n2c3ccccc3c3cc(-n4c5ccccc5c5ccccc54)ccc32)c(-c2cc(-c3ccccc3)nc(-c3ccccc3)n2)c1. The van der Waals surface area contributed by atoms with E-state index in [1.165, 1.54) is 12.1 Å². The Morgan fingerprint density at radius 1 is 0.306 bits per heavy atom. The minimum atomic E-state index is -4.77. The van der Waals surface area contributed by atoms with Crippen LogP contribution in [0.15, 0.2) is 237 Å². The van der Waals surface area contributed by atoms with E-state index in [1.54, 1.807) is 12.1 Å². The fraction of sp³-hybridized carbons (Fsp3) is 0.0159. The first-order valence-electron chi connectivity index (χ1n) is 23.6. The molecule has 0 atom stereocenters. The van der Waals surface area contributed by atoms with E-state index in [0.29, 0.717) is 40.1 Å². The number of para-hydroxylation sites is 3. The zero-order valence-corrected chi connectivity index (χ0v) is 38.3. The predicted octanol–water partition coefficient (Wildman–Crippen LogP) is 16.5. The van der Waals surface area contributed by atoms with Crippen LogP contribution >= 0.6 is 0 Å². The van der Waals surface area contributed by atoms with Crippen LogP contribution in [0.4, 0.5) is 13.2 Å². The lowest BCUT2D eigenvalue weighted by Crippen LogP contribution is -2.10. The zero-order chi connectivity index (χ0) is 48.3. The van der Waals surface area contributed by atoms with Crippen molar-refractivity contribution in [2.24, 2.45) is 0 Å². The fourth-order valence-corrected chi connectivity index (χ4v) is 10.1. The molecule has 0 saturated heterocycles. The van der Waals surface area contributed by atoms with Gasteiger partial charge in [0.05, 0.1) is 56.1 Å². The van der Waals surface area contributed by atoms with Gasteiger partial charge in [0.15, 0.2) is 11.6 Å². The molecule has 9 aromatic carbocycles. The minimum Gasteiger partial charge on any atom is -0.309 e. The Labute approximate surface area is 411 Å². The van der Waals surface area contributed by atoms with Crippen molar-refractivity contribution in [1.82, 2.24) is 29.1 Å². The number of fused-ring (bicyclic) bond motifs is 6. The number of halogens is 3. The number of hydrogen-bond acceptors (Lipinski definition) is 4. The molecular weight excluding hydrogens is 898 g/mol. The van der Waals surface area contributed by atoms with E-state index in [0.717, 1.165) is 71.6 Å². The Balaban J connectivity index is 1.17. The van der Waals surface area contributed by atoms with Crippen LogP contribution in [0.25, 0.3) is 123 Å². The molecule has 0 fully saturated rings. The highest BCUT2D eigenvalue weighted by Gasteiger charge is 2.35. The molecule has 0 bridgehead atoms. The van der Waals surface area contributed by atoms with Crippen molar-refractivity contribution in [2.45, 2.75) is 6.18 Å². The third-order valence-electron chi connectivity index (χ3n) is 13.4. The van der Waals surface area contributed by atoms with E-state index in [1.807, 2.05) is 140 Å². The van der Waals surface area contributed by atoms with Gasteiger partial charge in [0.25, 0.3) is 0 Å². The highest BCUT2D eigenvalue weighted by Crippen LogP contribution is 2.46. The van der Waals surface area contributed by atoms with Crippen LogP contribution in [0.2, 0.25) is 0 Å². The predicted molar refractivity (Wildman–Crippen MR) is 284 cm³/mol. The third kappa shape index (κ3) is 7.38. The van der Waals surface area contributed by atoms with E-state index in [2.05, 4.69) is 81.9 Å². The quantitative estimate of drug-likeness (QED) is 0.152. The first kappa shape index (κ1) is 42.6. The molecule has 72 heavy (non-hydrogen) atoms. The molecule has 0 unspecified atom stereocenters. The molecule has 0 radical (unpaired) electrons. The Bertz CT molecular complexity index is 3870. The second kappa shape index (κ2) is 17.2. The lowest BCUT2D eigenvalue weighted by Gasteiger charge is -2.22. The molecule has 4 aromatic heterocycles. The fourth-order valence-electron chi connectivity index (χ4n) is 10.1. The van der Waals surface area contributed by atoms with Gasteiger partial charge in [-0.05, 0) is 60.7 Å². The van der Waals surface area contributed by atoms with E-state index in [-0.39, 0.29) is 11.1 Å². The molecule has 0 aliphatic heterocycles. The summed E-state index contributed by atoms with van der Waals surface area (Å²) >= 11 is 0. The van der Waals surface area contributed by atoms with E-state index in [4.69, 9.17) is 19.9 Å². The van der Waals surface area contributed by atoms with Gasteiger partial charge in [-0.15, -0.1) is 0 Å². The van der Waals surface area contributed by atoms with Gasteiger partial charge in [-0.2, -0.15) is 13.2 Å². The maximum atomic E-state index is 15.9. The topological polar surface area (TPSA) is 61.4 Å². The van der Waals surface area contributed by atoms with E-state index in [9.17, 15) is 0 Å². The summed E-state index contributed by atoms with van der Waals surface area (Å²) in [5.74, 6) is 0.740. The lowest BCUT2D eigenvalue weighted by atomic mass is 9.95. The Kier molecular flexibility index (Phi) is 10.2. The summed E-state index contributed by atoms with van der Waals surface area (Å²) in [6.07, 6.45) is -4.77. The molecule has 4 heterocycles. The Hall–Kier alpha value is -9.47. The van der Waals surface area contributed by atoms with Crippen LogP contribution in [0.3, 0.4) is 0 Å². The van der Waals surface area contributed by atoms with E-state index < -0.39 is 11.7 Å². The highest BCUT2D eigenvalue weighted by molar-refractivity contribution is 6.13. The monoisotopic (exact) mass is 936 g/mol. The third-order valence-corrected chi connectivity index (χ3v) is 13.4. The number of aromatic nitrogens is 6. The molecule has 0 amide bonds. The van der Waals surface area contributed by atoms with Gasteiger partial charge in [-0.1, -0.05) is 176 Å². The largest absolute Gasteiger partial charge is 0.416 e. The summed E-state index contributed by atoms with van der Waals surface area (Å²) in [6.45, 7) is 0. The van der Waals surface area contributed by atoms with Gasteiger partial charge in [0, 0.05) is 60.6 Å². The van der Waals surface area contributed by atoms with Gasteiger partial charge < -0.3 is 9.13 Å². The number of benzene rings is 9. The van der Waals surface area contributed by atoms with Crippen molar-refractivity contribution in [3.63, 3.8) is 0 Å². The maximum absolute atomic E-state index is 15.9. The molecule has 0 spiro atoms. The van der Waals surface area contributed by atoms with Crippen LogP contribution in [0.5, 0.6) is 0 Å². The Morgan fingerprint density at radius 2 is 0.667 bits per heavy atom. The number of rotatable bonds is 8. The van der Waals surface area contributed by atoms with E-state index >= 15 is 13.2 Å². The second-order valence-corrected chi connectivity index (χ2v) is 17.7. The first-order valence-corrected chi connectivity index (χ1v) is 23.6. The molecule has 0 aliphatic carbocycles. The summed E-state index contributed by atoms with van der Waals surface area (Å²) in [5.41, 5.74) is 9.48. The average molecular weight is 937 g/mol. The summed E-state index contributed by atoms with van der Waals surface area (Å²) in [5, 5.41) is 4.11. The highest BCUT2D eigenvalue weighted by atomic mass is 19.4. The maximum Gasteiger partial charge on any atom is 0.416 e. The number of hydrogen-bond donors (Lipinski definition) is 0. The van der Waals surface area contributed by atoms with Crippen molar-refractivity contribution in [1.29, 1.82) is 0 Å². The normalized spacial score (nSPS) is 11.8. The molecule has 13 rings (SSSR count). The van der Waals surface area contributed by atoms with Crippen molar-refractivity contribution in [3.05, 3.63) is 242 Å². The average Bonchev–Trinajstić information content (AvgIpc) is 3.95. The summed E-state index contributed by atoms with van der Waals surface area (Å²) in [4.78, 5) is 20.5. The summed E-state index contributed by atoms with van der Waals surface area (Å²) < 4.78 is 52.0. The molecule has 9 heteroatoms. The van der Waals surface area contributed by atoms with Crippen molar-refractivity contribution in [2.75, 3.05) is 0 Å². The van der Waals surface area contributed by atoms with Crippen LogP contribution in [-0.4, -0.2) is 29.1 Å². The summed E-state index contributed by atoms with van der Waals surface area (Å²) in [6, 6.07) is 75.6.